The van der Waals surface area contributed by atoms with E-state index in [0.29, 0.717) is 25.1 Å². The lowest BCUT2D eigenvalue weighted by Gasteiger charge is -2.14. The van der Waals surface area contributed by atoms with E-state index in [1.807, 2.05) is 11.4 Å². The Morgan fingerprint density at radius 1 is 0.871 bits per heavy atom. The number of urea groups is 2. The minimum atomic E-state index is -1.23. The number of benzene rings is 1. The van der Waals surface area contributed by atoms with E-state index in [-0.39, 0.29) is 18.9 Å². The molecule has 1 unspecified atom stereocenters. The van der Waals surface area contributed by atoms with E-state index >= 15 is 0 Å². The van der Waals surface area contributed by atoms with Crippen LogP contribution in [-0.4, -0.2) is 64.4 Å². The molecule has 1 atom stereocenters. The third kappa shape index (κ3) is 15.7. The summed E-state index contributed by atoms with van der Waals surface area (Å²) < 4.78 is 0. The van der Waals surface area contributed by atoms with E-state index in [4.69, 9.17) is 15.3 Å². The van der Waals surface area contributed by atoms with E-state index in [0.717, 1.165) is 0 Å². The molecule has 1 aromatic carbocycles. The molecule has 0 aliphatic rings. The number of rotatable bonds is 11. The van der Waals surface area contributed by atoms with Crippen LogP contribution in [0.15, 0.2) is 30.3 Å². The first-order valence-corrected chi connectivity index (χ1v) is 9.46. The van der Waals surface area contributed by atoms with Crippen LogP contribution in [0, 0.1) is 0 Å². The fourth-order valence-electron chi connectivity index (χ4n) is 1.99. The molecule has 7 N–H and O–H groups in total. The van der Waals surface area contributed by atoms with Crippen LogP contribution in [0.3, 0.4) is 0 Å². The molecule has 172 valence electrons. The summed E-state index contributed by atoms with van der Waals surface area (Å²) in [5, 5.41) is 34.8. The summed E-state index contributed by atoms with van der Waals surface area (Å²) in [6.45, 7) is 1.34. The predicted octanol–water partition coefficient (Wildman–Crippen LogP) is 1.30. The van der Waals surface area contributed by atoms with Crippen molar-refractivity contribution in [2.75, 3.05) is 18.4 Å². The van der Waals surface area contributed by atoms with Crippen LogP contribution in [-0.2, 0) is 14.4 Å². The van der Waals surface area contributed by atoms with Crippen LogP contribution < -0.4 is 21.3 Å². The smallest absolute Gasteiger partial charge is 0.326 e. The van der Waals surface area contributed by atoms with E-state index in [1.54, 1.807) is 31.2 Å². The molecule has 0 heterocycles. The third-order valence-electron chi connectivity index (χ3n) is 3.54. The van der Waals surface area contributed by atoms with Crippen molar-refractivity contribution >= 4 is 35.7 Å². The Morgan fingerprint density at radius 2 is 1.48 bits per heavy atom. The second-order valence-electron chi connectivity index (χ2n) is 6.10. The SMILES string of the molecule is CCC(=O)O.O=C(O)CNC(=O)NC(CCCCNC(=O)Nc1ccccc1)C(=O)O. The number of anilines is 1. The number of carboxylic acid groups (broad SMARTS) is 3. The Bertz CT molecular complexity index is 727. The minimum Gasteiger partial charge on any atom is -0.481 e. The lowest BCUT2D eigenvalue weighted by atomic mass is 10.1. The van der Waals surface area contributed by atoms with Gasteiger partial charge in [0.05, 0.1) is 0 Å². The molecule has 0 fully saturated rings. The van der Waals surface area contributed by atoms with Gasteiger partial charge in [0.25, 0.3) is 0 Å². The molecule has 1 aromatic rings. The fourth-order valence-corrected chi connectivity index (χ4v) is 1.99. The van der Waals surface area contributed by atoms with E-state index in [1.165, 1.54) is 0 Å². The predicted molar refractivity (Wildman–Crippen MR) is 111 cm³/mol. The average molecular weight is 440 g/mol. The first kappa shape index (κ1) is 27.2. The van der Waals surface area contributed by atoms with Gasteiger partial charge in [0.2, 0.25) is 0 Å². The molecule has 0 aromatic heterocycles. The maximum absolute atomic E-state index is 11.7. The summed E-state index contributed by atoms with van der Waals surface area (Å²) in [6, 6.07) is 6.55. The van der Waals surface area contributed by atoms with Gasteiger partial charge in [-0.25, -0.2) is 14.4 Å². The van der Waals surface area contributed by atoms with Crippen LogP contribution in [0.5, 0.6) is 0 Å². The molecule has 0 bridgehead atoms. The van der Waals surface area contributed by atoms with Gasteiger partial charge in [-0.15, -0.1) is 0 Å². The van der Waals surface area contributed by atoms with Crippen molar-refractivity contribution in [2.24, 2.45) is 0 Å². The van der Waals surface area contributed by atoms with Gasteiger partial charge in [-0.05, 0) is 31.4 Å². The molecule has 4 amide bonds. The van der Waals surface area contributed by atoms with Gasteiger partial charge in [0, 0.05) is 18.7 Å². The normalized spacial score (nSPS) is 10.5. The Labute approximate surface area is 179 Å². The third-order valence-corrected chi connectivity index (χ3v) is 3.54. The van der Waals surface area contributed by atoms with Gasteiger partial charge in [0.1, 0.15) is 12.6 Å². The number of carbonyl (C=O) groups is 5. The lowest BCUT2D eigenvalue weighted by Crippen LogP contribution is -2.47. The zero-order valence-electron chi connectivity index (χ0n) is 17.1. The molecule has 0 spiro atoms. The number of amides is 4. The molecular formula is C19H28N4O8. The molecule has 0 saturated heterocycles. The standard InChI is InChI=1S/C16H22N4O6.C3H6O2/c21-13(22)10-18-16(26)20-12(14(23)24)8-4-5-9-17-15(25)19-11-6-2-1-3-7-11;1-2-3(4)5/h1-3,6-7,12H,4-5,8-10H2,(H,21,22)(H,23,24)(H2,17,19,25)(H2,18,20,26);2H2,1H3,(H,4,5). The summed E-state index contributed by atoms with van der Waals surface area (Å²) in [4.78, 5) is 53.9. The van der Waals surface area contributed by atoms with Crippen molar-refractivity contribution in [2.45, 2.75) is 38.6 Å². The molecule has 0 aliphatic heterocycles. The van der Waals surface area contributed by atoms with Gasteiger partial charge >= 0.3 is 30.0 Å². The molecule has 12 nitrogen and oxygen atoms in total. The maximum atomic E-state index is 11.7. The summed E-state index contributed by atoms with van der Waals surface area (Å²) in [5.74, 6) is -3.19. The number of para-hydroxylation sites is 1. The zero-order valence-corrected chi connectivity index (χ0v) is 17.1. The van der Waals surface area contributed by atoms with Crippen molar-refractivity contribution in [1.29, 1.82) is 0 Å². The van der Waals surface area contributed by atoms with Crippen molar-refractivity contribution in [3.63, 3.8) is 0 Å². The number of carbonyl (C=O) groups excluding carboxylic acids is 2. The second kappa shape index (κ2) is 16.0. The molecule has 0 radical (unpaired) electrons. The van der Waals surface area contributed by atoms with Gasteiger partial charge < -0.3 is 36.6 Å². The number of carboxylic acids is 3. The number of hydrogen-bond acceptors (Lipinski definition) is 5. The van der Waals surface area contributed by atoms with Gasteiger partial charge in [-0.1, -0.05) is 25.1 Å². The second-order valence-corrected chi connectivity index (χ2v) is 6.10. The van der Waals surface area contributed by atoms with Crippen molar-refractivity contribution in [1.82, 2.24) is 16.0 Å². The van der Waals surface area contributed by atoms with Crippen LogP contribution >= 0.6 is 0 Å². The topological polar surface area (TPSA) is 194 Å². The zero-order chi connectivity index (χ0) is 23.6. The number of unbranched alkanes of at least 4 members (excludes halogenated alkanes) is 1. The highest BCUT2D eigenvalue weighted by Crippen LogP contribution is 2.04. The van der Waals surface area contributed by atoms with Crippen molar-refractivity contribution < 1.29 is 39.3 Å². The highest BCUT2D eigenvalue weighted by Gasteiger charge is 2.19. The molecule has 0 saturated carbocycles. The summed E-state index contributed by atoms with van der Waals surface area (Å²) >= 11 is 0. The Morgan fingerprint density at radius 3 is 2.00 bits per heavy atom. The monoisotopic (exact) mass is 440 g/mol. The minimum absolute atomic E-state index is 0.151. The first-order valence-electron chi connectivity index (χ1n) is 9.46. The van der Waals surface area contributed by atoms with Crippen molar-refractivity contribution in [3.05, 3.63) is 30.3 Å². The van der Waals surface area contributed by atoms with Crippen LogP contribution in [0.4, 0.5) is 15.3 Å². The molecule has 31 heavy (non-hydrogen) atoms. The van der Waals surface area contributed by atoms with Crippen LogP contribution in [0.25, 0.3) is 0 Å². The number of aliphatic carboxylic acids is 3. The summed E-state index contributed by atoms with van der Waals surface area (Å²) in [7, 11) is 0. The largest absolute Gasteiger partial charge is 0.481 e. The van der Waals surface area contributed by atoms with Crippen LogP contribution in [0.2, 0.25) is 0 Å². The highest BCUT2D eigenvalue weighted by molar-refractivity contribution is 5.89. The maximum Gasteiger partial charge on any atom is 0.326 e. The summed E-state index contributed by atoms with van der Waals surface area (Å²) in [6.07, 6.45) is 1.34. The van der Waals surface area contributed by atoms with E-state index < -0.39 is 36.5 Å². The fraction of sp³-hybridized carbons (Fsp3) is 0.421. The Kier molecular flexibility index (Phi) is 14.0. The lowest BCUT2D eigenvalue weighted by molar-refractivity contribution is -0.139. The van der Waals surface area contributed by atoms with E-state index in [9.17, 15) is 24.0 Å². The van der Waals surface area contributed by atoms with E-state index in [2.05, 4.69) is 16.0 Å². The van der Waals surface area contributed by atoms with Gasteiger partial charge in [0.15, 0.2) is 0 Å². The summed E-state index contributed by atoms with van der Waals surface area (Å²) in [5.41, 5.74) is 0.660. The van der Waals surface area contributed by atoms with Gasteiger partial charge in [-0.2, -0.15) is 0 Å². The molecule has 12 heteroatoms. The average Bonchev–Trinajstić information content (AvgIpc) is 2.72. The Balaban J connectivity index is 0.00000161. The Hall–Kier alpha value is -3.83. The highest BCUT2D eigenvalue weighted by atomic mass is 16.4. The number of hydrogen-bond donors (Lipinski definition) is 7. The van der Waals surface area contributed by atoms with Gasteiger partial charge in [-0.3, -0.25) is 9.59 Å². The quantitative estimate of drug-likeness (QED) is 0.250. The molecule has 1 rings (SSSR count). The first-order chi connectivity index (χ1) is 14.6. The number of nitrogens with one attached hydrogen (secondary N) is 4. The molecular weight excluding hydrogens is 412 g/mol. The van der Waals surface area contributed by atoms with Crippen molar-refractivity contribution in [3.8, 4) is 0 Å². The van der Waals surface area contributed by atoms with Crippen LogP contribution in [0.1, 0.15) is 32.6 Å². The molecule has 0 aliphatic carbocycles.